The van der Waals surface area contributed by atoms with Gasteiger partial charge in [-0.15, -0.1) is 0 Å². The molecule has 1 aromatic rings. The fraction of sp³-hybridized carbons (Fsp3) is 0.714. The molecular formula is C21H33N5O. The molecule has 148 valence electrons. The van der Waals surface area contributed by atoms with Gasteiger partial charge in [-0.25, -0.2) is 9.78 Å². The lowest BCUT2D eigenvalue weighted by atomic mass is 9.96. The van der Waals surface area contributed by atoms with Crippen molar-refractivity contribution in [2.24, 2.45) is 5.92 Å². The van der Waals surface area contributed by atoms with Gasteiger partial charge in [-0.3, -0.25) is 0 Å². The number of rotatable bonds is 4. The Balaban J connectivity index is 1.28. The number of hydrogen-bond acceptors (Lipinski definition) is 4. The Morgan fingerprint density at radius 2 is 1.85 bits per heavy atom. The summed E-state index contributed by atoms with van der Waals surface area (Å²) in [5.41, 5.74) is 1.07. The summed E-state index contributed by atoms with van der Waals surface area (Å²) in [7, 11) is 2.16. The van der Waals surface area contributed by atoms with Crippen LogP contribution in [0.15, 0.2) is 18.3 Å². The highest BCUT2D eigenvalue weighted by molar-refractivity contribution is 5.74. The Hall–Kier alpha value is -1.82. The predicted octanol–water partition coefficient (Wildman–Crippen LogP) is 2.70. The van der Waals surface area contributed by atoms with Crippen LogP contribution in [0.1, 0.15) is 44.1 Å². The van der Waals surface area contributed by atoms with Crippen molar-refractivity contribution in [1.29, 1.82) is 0 Å². The molecule has 0 bridgehead atoms. The first-order chi connectivity index (χ1) is 13.2. The van der Waals surface area contributed by atoms with Gasteiger partial charge in [-0.1, -0.05) is 18.9 Å². The van der Waals surface area contributed by atoms with Crippen LogP contribution in [0.25, 0.3) is 0 Å². The Kier molecular flexibility index (Phi) is 5.81. The first-order valence-electron chi connectivity index (χ1n) is 10.6. The van der Waals surface area contributed by atoms with E-state index >= 15 is 0 Å². The quantitative estimate of drug-likeness (QED) is 0.884. The maximum absolute atomic E-state index is 12.7. The second-order valence-electron chi connectivity index (χ2n) is 8.42. The standard InChI is InChI=1S/C21H33N5O/c1-24-11-13-25(14-12-24)20-9-8-17(15-22-20)16-23-21(27)26-10-4-7-19(26)18-5-2-3-6-18/h8-9,15,18-19H,2-7,10-14,16H2,1H3,(H,23,27). The van der Waals surface area contributed by atoms with Gasteiger partial charge in [0.1, 0.15) is 5.82 Å². The third-order valence-electron chi connectivity index (χ3n) is 6.58. The molecule has 2 saturated heterocycles. The van der Waals surface area contributed by atoms with Crippen LogP contribution in [0, 0.1) is 5.92 Å². The van der Waals surface area contributed by atoms with Crippen molar-refractivity contribution in [2.75, 3.05) is 44.7 Å². The third-order valence-corrected chi connectivity index (χ3v) is 6.58. The van der Waals surface area contributed by atoms with Gasteiger partial charge >= 0.3 is 6.03 Å². The topological polar surface area (TPSA) is 51.7 Å². The average molecular weight is 372 g/mol. The van der Waals surface area contributed by atoms with E-state index in [1.165, 1.54) is 32.1 Å². The Morgan fingerprint density at radius 1 is 1.07 bits per heavy atom. The second kappa shape index (κ2) is 8.46. The number of likely N-dealkylation sites (N-methyl/N-ethyl adjacent to an activating group) is 1. The number of aromatic nitrogens is 1. The van der Waals surface area contributed by atoms with Crippen molar-refractivity contribution in [1.82, 2.24) is 20.1 Å². The second-order valence-corrected chi connectivity index (χ2v) is 8.42. The number of anilines is 1. The Bertz CT molecular complexity index is 620. The summed E-state index contributed by atoms with van der Waals surface area (Å²) in [6, 6.07) is 4.75. The van der Waals surface area contributed by atoms with E-state index in [2.05, 4.69) is 44.2 Å². The summed E-state index contributed by atoms with van der Waals surface area (Å²) < 4.78 is 0. The highest BCUT2D eigenvalue weighted by Crippen LogP contribution is 2.35. The first kappa shape index (κ1) is 18.5. The molecule has 0 aromatic carbocycles. The minimum absolute atomic E-state index is 0.104. The number of piperazine rings is 1. The molecule has 3 aliphatic rings. The summed E-state index contributed by atoms with van der Waals surface area (Å²) in [6.45, 7) is 5.68. The number of amides is 2. The number of carbonyl (C=O) groups excluding carboxylic acids is 1. The number of nitrogens with one attached hydrogen (secondary N) is 1. The molecule has 1 unspecified atom stereocenters. The number of likely N-dealkylation sites (tertiary alicyclic amines) is 1. The predicted molar refractivity (Wildman–Crippen MR) is 108 cm³/mol. The highest BCUT2D eigenvalue weighted by atomic mass is 16.2. The van der Waals surface area contributed by atoms with E-state index in [4.69, 9.17) is 0 Å². The fourth-order valence-electron chi connectivity index (χ4n) is 4.90. The van der Waals surface area contributed by atoms with Crippen LogP contribution in [0.5, 0.6) is 0 Å². The molecule has 1 N–H and O–H groups in total. The van der Waals surface area contributed by atoms with Crippen LogP contribution in [0.3, 0.4) is 0 Å². The van der Waals surface area contributed by atoms with E-state index in [9.17, 15) is 4.79 Å². The lowest BCUT2D eigenvalue weighted by molar-refractivity contribution is 0.172. The lowest BCUT2D eigenvalue weighted by Crippen LogP contribution is -2.45. The summed E-state index contributed by atoms with van der Waals surface area (Å²) >= 11 is 0. The minimum atomic E-state index is 0.104. The molecular weight excluding hydrogens is 338 g/mol. The summed E-state index contributed by atoms with van der Waals surface area (Å²) in [4.78, 5) is 24.1. The molecule has 1 aliphatic carbocycles. The van der Waals surface area contributed by atoms with Crippen LogP contribution in [-0.2, 0) is 6.54 Å². The van der Waals surface area contributed by atoms with Crippen molar-refractivity contribution in [3.63, 3.8) is 0 Å². The van der Waals surface area contributed by atoms with Crippen LogP contribution in [0.2, 0.25) is 0 Å². The molecule has 27 heavy (non-hydrogen) atoms. The number of nitrogens with zero attached hydrogens (tertiary/aromatic N) is 4. The maximum Gasteiger partial charge on any atom is 0.317 e. The van der Waals surface area contributed by atoms with Crippen molar-refractivity contribution in [3.8, 4) is 0 Å². The average Bonchev–Trinajstić information content (AvgIpc) is 3.38. The largest absolute Gasteiger partial charge is 0.354 e. The zero-order valence-electron chi connectivity index (χ0n) is 16.6. The fourth-order valence-corrected chi connectivity index (χ4v) is 4.90. The van der Waals surface area contributed by atoms with E-state index in [0.717, 1.165) is 56.4 Å². The Labute approximate surface area is 162 Å². The van der Waals surface area contributed by atoms with Crippen molar-refractivity contribution in [3.05, 3.63) is 23.9 Å². The molecule has 1 atom stereocenters. The van der Waals surface area contributed by atoms with Crippen LogP contribution in [-0.4, -0.2) is 66.6 Å². The normalized spacial score (nSPS) is 24.6. The van der Waals surface area contributed by atoms with Crippen molar-refractivity contribution in [2.45, 2.75) is 51.1 Å². The number of pyridine rings is 1. The Morgan fingerprint density at radius 3 is 2.56 bits per heavy atom. The first-order valence-corrected chi connectivity index (χ1v) is 10.6. The minimum Gasteiger partial charge on any atom is -0.354 e. The van der Waals surface area contributed by atoms with Gasteiger partial charge in [0.25, 0.3) is 0 Å². The number of carbonyl (C=O) groups is 1. The number of hydrogen-bond donors (Lipinski definition) is 1. The van der Waals surface area contributed by atoms with Crippen LogP contribution in [0.4, 0.5) is 10.6 Å². The molecule has 0 spiro atoms. The van der Waals surface area contributed by atoms with Crippen LogP contribution < -0.4 is 10.2 Å². The van der Waals surface area contributed by atoms with Gasteiger partial charge < -0.3 is 20.0 Å². The SMILES string of the molecule is CN1CCN(c2ccc(CNC(=O)N3CCCC3C3CCCC3)cn2)CC1. The molecule has 3 heterocycles. The molecule has 3 fully saturated rings. The molecule has 1 saturated carbocycles. The number of urea groups is 1. The molecule has 6 nitrogen and oxygen atoms in total. The summed E-state index contributed by atoms with van der Waals surface area (Å²) in [6.07, 6.45) is 9.50. The van der Waals surface area contributed by atoms with Gasteiger partial charge in [-0.05, 0) is 50.3 Å². The molecule has 2 aliphatic heterocycles. The van der Waals surface area contributed by atoms with Crippen molar-refractivity contribution >= 4 is 11.8 Å². The van der Waals surface area contributed by atoms with Crippen molar-refractivity contribution < 1.29 is 4.79 Å². The molecule has 2 amide bonds. The van der Waals surface area contributed by atoms with E-state index < -0.39 is 0 Å². The molecule has 1 aromatic heterocycles. The van der Waals surface area contributed by atoms with Gasteiger partial charge in [0.15, 0.2) is 0 Å². The lowest BCUT2D eigenvalue weighted by Gasteiger charge is -2.33. The molecule has 4 rings (SSSR count). The van der Waals surface area contributed by atoms with Gasteiger partial charge in [-0.2, -0.15) is 0 Å². The van der Waals surface area contributed by atoms with E-state index in [0.29, 0.717) is 12.6 Å². The highest BCUT2D eigenvalue weighted by Gasteiger charge is 2.35. The summed E-state index contributed by atoms with van der Waals surface area (Å²) in [5.74, 6) is 1.77. The smallest absolute Gasteiger partial charge is 0.317 e. The van der Waals surface area contributed by atoms with E-state index in [1.54, 1.807) is 0 Å². The third kappa shape index (κ3) is 4.37. The summed E-state index contributed by atoms with van der Waals surface area (Å²) in [5, 5.41) is 3.13. The van der Waals surface area contributed by atoms with Gasteiger partial charge in [0.2, 0.25) is 0 Å². The zero-order chi connectivity index (χ0) is 18.6. The zero-order valence-corrected chi connectivity index (χ0v) is 16.6. The van der Waals surface area contributed by atoms with Crippen LogP contribution >= 0.6 is 0 Å². The van der Waals surface area contributed by atoms with Gasteiger partial charge in [0, 0.05) is 51.5 Å². The monoisotopic (exact) mass is 371 g/mol. The van der Waals surface area contributed by atoms with E-state index in [-0.39, 0.29) is 6.03 Å². The maximum atomic E-state index is 12.7. The van der Waals surface area contributed by atoms with E-state index in [1.807, 2.05) is 6.20 Å². The molecule has 0 radical (unpaired) electrons. The molecule has 6 heteroatoms. The van der Waals surface area contributed by atoms with Gasteiger partial charge in [0.05, 0.1) is 0 Å².